The first-order chi connectivity index (χ1) is 12.1. The van der Waals surface area contributed by atoms with E-state index in [1.807, 2.05) is 18.2 Å². The van der Waals surface area contributed by atoms with Crippen LogP contribution in [0.2, 0.25) is 5.02 Å². The Hall–Kier alpha value is -3.19. The van der Waals surface area contributed by atoms with E-state index in [9.17, 15) is 4.79 Å². The molecule has 0 aliphatic rings. The number of allylic oxidation sites excluding steroid dienone is 1. The van der Waals surface area contributed by atoms with Crippen molar-refractivity contribution in [3.8, 4) is 11.3 Å². The van der Waals surface area contributed by atoms with Gasteiger partial charge in [-0.05, 0) is 24.3 Å². The summed E-state index contributed by atoms with van der Waals surface area (Å²) in [5.41, 5.74) is 7.86. The van der Waals surface area contributed by atoms with Crippen molar-refractivity contribution in [2.45, 2.75) is 0 Å². The maximum absolute atomic E-state index is 12.0. The van der Waals surface area contributed by atoms with E-state index in [1.165, 1.54) is 12.3 Å². The van der Waals surface area contributed by atoms with E-state index >= 15 is 0 Å². The zero-order valence-electron chi connectivity index (χ0n) is 13.3. The number of imidazole rings is 1. The number of aromatic nitrogens is 3. The molecule has 7 nitrogen and oxygen atoms in total. The minimum Gasteiger partial charge on any atom is -0.394 e. The van der Waals surface area contributed by atoms with Crippen LogP contribution in [0.15, 0.2) is 59.4 Å². The molecule has 0 unspecified atom stereocenters. The molecule has 0 saturated heterocycles. The highest BCUT2D eigenvalue weighted by atomic mass is 35.5. The van der Waals surface area contributed by atoms with Crippen LogP contribution in [-0.2, 0) is 4.79 Å². The third-order valence-electron chi connectivity index (χ3n) is 3.42. The van der Waals surface area contributed by atoms with Gasteiger partial charge in [0.25, 0.3) is 5.91 Å². The third-order valence-corrected chi connectivity index (χ3v) is 3.75. The molecule has 3 aromatic rings. The predicted molar refractivity (Wildman–Crippen MR) is 98.7 cm³/mol. The lowest BCUT2D eigenvalue weighted by atomic mass is 10.2. The van der Waals surface area contributed by atoms with Crippen molar-refractivity contribution < 1.29 is 4.79 Å². The Morgan fingerprint density at radius 3 is 2.88 bits per heavy atom. The predicted octanol–water partition coefficient (Wildman–Crippen LogP) is 2.53. The second kappa shape index (κ2) is 7.14. The maximum Gasteiger partial charge on any atom is 0.272 e. The van der Waals surface area contributed by atoms with E-state index in [0.29, 0.717) is 16.5 Å². The molecule has 3 rings (SSSR count). The zero-order valence-corrected chi connectivity index (χ0v) is 14.1. The lowest BCUT2D eigenvalue weighted by molar-refractivity contribution is -0.112. The minimum atomic E-state index is -0.467. The number of hydrogen-bond acceptors (Lipinski definition) is 5. The normalized spacial score (nSPS) is 12.0. The number of amides is 1. The number of benzene rings is 1. The van der Waals surface area contributed by atoms with Crippen LogP contribution in [-0.4, -0.2) is 33.8 Å². The second-order valence-electron chi connectivity index (χ2n) is 5.10. The SMILES string of the molecule is CN=C/C=C(\N)C(=O)Nc1ccc2ncc(-c3ccccc3Cl)n2n1. The summed E-state index contributed by atoms with van der Waals surface area (Å²) < 4.78 is 1.62. The van der Waals surface area contributed by atoms with Crippen LogP contribution in [0.5, 0.6) is 0 Å². The number of aliphatic imine (C=N–C) groups is 1. The van der Waals surface area contributed by atoms with Crippen LogP contribution in [0.1, 0.15) is 0 Å². The molecule has 2 aromatic heterocycles. The third kappa shape index (κ3) is 3.51. The topological polar surface area (TPSA) is 97.7 Å². The summed E-state index contributed by atoms with van der Waals surface area (Å²) >= 11 is 6.26. The average Bonchev–Trinajstić information content (AvgIpc) is 3.03. The van der Waals surface area contributed by atoms with Crippen LogP contribution >= 0.6 is 11.6 Å². The van der Waals surface area contributed by atoms with Crippen LogP contribution in [0.4, 0.5) is 5.82 Å². The fourth-order valence-corrected chi connectivity index (χ4v) is 2.44. The fraction of sp³-hybridized carbons (Fsp3) is 0.0588. The molecule has 25 heavy (non-hydrogen) atoms. The van der Waals surface area contributed by atoms with Gasteiger partial charge in [-0.15, -0.1) is 5.10 Å². The molecule has 1 amide bonds. The van der Waals surface area contributed by atoms with Gasteiger partial charge in [0.15, 0.2) is 11.5 Å². The Kier molecular flexibility index (Phi) is 4.76. The number of carbonyl (C=O) groups excluding carboxylic acids is 1. The van der Waals surface area contributed by atoms with Gasteiger partial charge in [-0.1, -0.05) is 29.8 Å². The Morgan fingerprint density at radius 2 is 2.12 bits per heavy atom. The molecule has 0 saturated carbocycles. The molecular weight excluding hydrogens is 340 g/mol. The zero-order chi connectivity index (χ0) is 17.8. The molecule has 0 atom stereocenters. The van der Waals surface area contributed by atoms with Crippen molar-refractivity contribution >= 4 is 35.2 Å². The number of nitrogens with zero attached hydrogens (tertiary/aromatic N) is 4. The number of rotatable bonds is 4. The van der Waals surface area contributed by atoms with Gasteiger partial charge < -0.3 is 11.1 Å². The van der Waals surface area contributed by atoms with Gasteiger partial charge in [0.05, 0.1) is 22.6 Å². The second-order valence-corrected chi connectivity index (χ2v) is 5.50. The lowest BCUT2D eigenvalue weighted by Gasteiger charge is -2.07. The molecule has 0 aliphatic heterocycles. The first-order valence-corrected chi connectivity index (χ1v) is 7.77. The summed E-state index contributed by atoms with van der Waals surface area (Å²) in [6, 6.07) is 10.8. The largest absolute Gasteiger partial charge is 0.394 e. The van der Waals surface area contributed by atoms with E-state index in [4.69, 9.17) is 17.3 Å². The van der Waals surface area contributed by atoms with Crippen molar-refractivity contribution in [3.63, 3.8) is 0 Å². The Balaban J connectivity index is 1.96. The van der Waals surface area contributed by atoms with Gasteiger partial charge in [-0.3, -0.25) is 9.79 Å². The smallest absolute Gasteiger partial charge is 0.272 e. The van der Waals surface area contributed by atoms with Gasteiger partial charge >= 0.3 is 0 Å². The molecule has 8 heteroatoms. The van der Waals surface area contributed by atoms with Gasteiger partial charge in [0.2, 0.25) is 0 Å². The molecule has 0 fully saturated rings. The summed E-state index contributed by atoms with van der Waals surface area (Å²) in [7, 11) is 1.59. The van der Waals surface area contributed by atoms with Crippen molar-refractivity contribution in [3.05, 3.63) is 59.4 Å². The highest BCUT2D eigenvalue weighted by Crippen LogP contribution is 2.27. The molecule has 2 heterocycles. The van der Waals surface area contributed by atoms with E-state index in [1.54, 1.807) is 36.0 Å². The van der Waals surface area contributed by atoms with Crippen molar-refractivity contribution in [2.75, 3.05) is 12.4 Å². The summed E-state index contributed by atoms with van der Waals surface area (Å²) in [4.78, 5) is 20.1. The molecule has 3 N–H and O–H groups in total. The molecule has 0 aliphatic carbocycles. The molecule has 0 radical (unpaired) electrons. The number of fused-ring (bicyclic) bond motifs is 1. The number of nitrogens with two attached hydrogens (primary N) is 1. The number of nitrogens with one attached hydrogen (secondary N) is 1. The van der Waals surface area contributed by atoms with E-state index in [0.717, 1.165) is 11.3 Å². The molecular formula is C17H15ClN6O. The van der Waals surface area contributed by atoms with E-state index in [2.05, 4.69) is 20.4 Å². The van der Waals surface area contributed by atoms with Crippen molar-refractivity contribution in [1.29, 1.82) is 0 Å². The average molecular weight is 355 g/mol. The highest BCUT2D eigenvalue weighted by Gasteiger charge is 2.12. The monoisotopic (exact) mass is 354 g/mol. The van der Waals surface area contributed by atoms with E-state index < -0.39 is 5.91 Å². The highest BCUT2D eigenvalue weighted by molar-refractivity contribution is 6.33. The fourth-order valence-electron chi connectivity index (χ4n) is 2.21. The first-order valence-electron chi connectivity index (χ1n) is 7.39. The standard InChI is InChI=1S/C17H15ClN6O/c1-20-9-8-13(19)17(25)22-15-6-7-16-21-10-14(24(16)23-15)11-4-2-3-5-12(11)18/h2-10H,19H2,1H3,(H,22,23,25)/b13-8-,20-9?. The van der Waals surface area contributed by atoms with Gasteiger partial charge in [0, 0.05) is 18.8 Å². The van der Waals surface area contributed by atoms with Crippen molar-refractivity contribution in [2.24, 2.45) is 10.7 Å². The number of hydrogen-bond donors (Lipinski definition) is 2. The first kappa shape index (κ1) is 16.7. The number of halogens is 1. The minimum absolute atomic E-state index is 0.0319. The van der Waals surface area contributed by atoms with Crippen LogP contribution < -0.4 is 11.1 Å². The Labute approximate surface area is 148 Å². The van der Waals surface area contributed by atoms with Crippen molar-refractivity contribution in [1.82, 2.24) is 14.6 Å². The van der Waals surface area contributed by atoms with Crippen LogP contribution in [0, 0.1) is 0 Å². The molecule has 0 bridgehead atoms. The summed E-state index contributed by atoms with van der Waals surface area (Å²) in [6.45, 7) is 0. The Bertz CT molecular complexity index is 992. The van der Waals surface area contributed by atoms with Crippen LogP contribution in [0.25, 0.3) is 16.9 Å². The van der Waals surface area contributed by atoms with Crippen LogP contribution in [0.3, 0.4) is 0 Å². The van der Waals surface area contributed by atoms with E-state index in [-0.39, 0.29) is 5.70 Å². The van der Waals surface area contributed by atoms with Gasteiger partial charge in [-0.2, -0.15) is 0 Å². The Morgan fingerprint density at radius 1 is 1.32 bits per heavy atom. The maximum atomic E-state index is 12.0. The summed E-state index contributed by atoms with van der Waals surface area (Å²) in [5, 5.41) is 7.63. The van der Waals surface area contributed by atoms with Gasteiger partial charge in [-0.25, -0.2) is 9.50 Å². The quantitative estimate of drug-likeness (QED) is 0.555. The summed E-state index contributed by atoms with van der Waals surface area (Å²) in [5.74, 6) is -0.125. The van der Waals surface area contributed by atoms with Gasteiger partial charge in [0.1, 0.15) is 0 Å². The molecule has 126 valence electrons. The number of anilines is 1. The lowest BCUT2D eigenvalue weighted by Crippen LogP contribution is -2.21. The molecule has 1 aromatic carbocycles. The summed E-state index contributed by atoms with van der Waals surface area (Å²) in [6.07, 6.45) is 4.54. The molecule has 0 spiro atoms. The number of carbonyl (C=O) groups is 1.